The molecule has 0 amide bonds. The van der Waals surface area contributed by atoms with Gasteiger partial charge in [-0.1, -0.05) is 6.07 Å². The Morgan fingerprint density at radius 1 is 1.14 bits per heavy atom. The normalized spacial score (nSPS) is 25.3. The first-order chi connectivity index (χ1) is 13.7. The minimum Gasteiger partial charge on any atom is -0.493 e. The molecule has 3 unspecified atom stereocenters. The molecule has 5 nitrogen and oxygen atoms in total. The summed E-state index contributed by atoms with van der Waals surface area (Å²) in [4.78, 5) is 6.97. The molecule has 3 atom stereocenters. The van der Waals surface area contributed by atoms with Crippen molar-refractivity contribution in [2.75, 3.05) is 13.2 Å². The summed E-state index contributed by atoms with van der Waals surface area (Å²) < 4.78 is 31.8. The van der Waals surface area contributed by atoms with E-state index >= 15 is 0 Å². The Bertz CT molecular complexity index is 776. The zero-order chi connectivity index (χ0) is 19.3. The van der Waals surface area contributed by atoms with Crippen molar-refractivity contribution in [3.05, 3.63) is 59.9 Å². The summed E-state index contributed by atoms with van der Waals surface area (Å²) in [5.41, 5.74) is 7.93. The molecule has 0 bridgehead atoms. The van der Waals surface area contributed by atoms with Crippen molar-refractivity contribution in [3.8, 4) is 5.75 Å². The van der Waals surface area contributed by atoms with Gasteiger partial charge in [-0.15, -0.1) is 0 Å². The summed E-state index contributed by atoms with van der Waals surface area (Å²) in [5.74, 6) is -1.38. The largest absolute Gasteiger partial charge is 0.493 e. The number of ether oxygens (including phenoxy) is 1. The lowest BCUT2D eigenvalue weighted by Gasteiger charge is -2.28. The molecule has 1 aromatic heterocycles. The Kier molecular flexibility index (Phi) is 6.14. The molecule has 2 aromatic rings. The molecular formula is C21H26F2N4O. The van der Waals surface area contributed by atoms with Gasteiger partial charge in [-0.05, 0) is 56.5 Å². The first-order valence-corrected chi connectivity index (χ1v) is 9.92. The average Bonchev–Trinajstić information content (AvgIpc) is 3.35. The van der Waals surface area contributed by atoms with E-state index in [1.807, 2.05) is 18.3 Å². The second kappa shape index (κ2) is 8.94. The van der Waals surface area contributed by atoms with Crippen LogP contribution in [-0.2, 0) is 6.54 Å². The Balaban J connectivity index is 1.24. The predicted octanol–water partition coefficient (Wildman–Crippen LogP) is 3.03. The van der Waals surface area contributed by atoms with Crippen molar-refractivity contribution in [2.45, 2.75) is 50.4 Å². The van der Waals surface area contributed by atoms with E-state index in [4.69, 9.17) is 4.74 Å². The van der Waals surface area contributed by atoms with Gasteiger partial charge in [0.2, 0.25) is 0 Å². The summed E-state index contributed by atoms with van der Waals surface area (Å²) in [5, 5.41) is 0. The van der Waals surface area contributed by atoms with Crippen LogP contribution in [-0.4, -0.2) is 41.2 Å². The number of benzene rings is 1. The van der Waals surface area contributed by atoms with E-state index in [1.165, 1.54) is 18.9 Å². The Morgan fingerprint density at radius 3 is 2.89 bits per heavy atom. The number of nitrogens with one attached hydrogen (secondary N) is 2. The summed E-state index contributed by atoms with van der Waals surface area (Å²) in [6.07, 6.45) is 6.06. The lowest BCUT2D eigenvalue weighted by Crippen LogP contribution is -2.45. The molecule has 1 aromatic carbocycles. The molecule has 2 saturated heterocycles. The highest BCUT2D eigenvalue weighted by molar-refractivity contribution is 5.23. The highest BCUT2D eigenvalue weighted by Gasteiger charge is 2.36. The number of hydrogen-bond donors (Lipinski definition) is 2. The lowest BCUT2D eigenvalue weighted by molar-refractivity contribution is 0.201. The van der Waals surface area contributed by atoms with Crippen molar-refractivity contribution in [2.24, 2.45) is 0 Å². The van der Waals surface area contributed by atoms with Crippen LogP contribution in [0.3, 0.4) is 0 Å². The van der Waals surface area contributed by atoms with Gasteiger partial charge in [0.1, 0.15) is 5.75 Å². The van der Waals surface area contributed by atoms with Crippen LogP contribution < -0.4 is 15.6 Å². The number of hydrogen-bond acceptors (Lipinski definition) is 5. The summed E-state index contributed by atoms with van der Waals surface area (Å²) in [6, 6.07) is 10.9. The van der Waals surface area contributed by atoms with Gasteiger partial charge >= 0.3 is 0 Å². The number of halogens is 2. The van der Waals surface area contributed by atoms with E-state index in [0.717, 1.165) is 43.8 Å². The van der Waals surface area contributed by atoms with Crippen LogP contribution >= 0.6 is 0 Å². The van der Waals surface area contributed by atoms with E-state index in [2.05, 4.69) is 26.8 Å². The van der Waals surface area contributed by atoms with E-state index in [9.17, 15) is 8.78 Å². The Morgan fingerprint density at radius 2 is 2.07 bits per heavy atom. The third kappa shape index (κ3) is 4.66. The smallest absolute Gasteiger partial charge is 0.162 e. The van der Waals surface area contributed by atoms with Crippen molar-refractivity contribution in [3.63, 3.8) is 0 Å². The van der Waals surface area contributed by atoms with Crippen LogP contribution in [0.4, 0.5) is 8.78 Å². The summed E-state index contributed by atoms with van der Waals surface area (Å²) in [6.45, 7) is 2.44. The maximum Gasteiger partial charge on any atom is 0.162 e. The van der Waals surface area contributed by atoms with E-state index in [0.29, 0.717) is 30.5 Å². The molecule has 2 N–H and O–H groups in total. The molecule has 2 aliphatic heterocycles. The monoisotopic (exact) mass is 388 g/mol. The zero-order valence-corrected chi connectivity index (χ0v) is 15.8. The van der Waals surface area contributed by atoms with Crippen LogP contribution in [0.15, 0.2) is 42.6 Å². The Hall–Kier alpha value is -2.09. The number of pyridine rings is 1. The van der Waals surface area contributed by atoms with Gasteiger partial charge in [0.15, 0.2) is 11.6 Å². The van der Waals surface area contributed by atoms with Crippen LogP contribution in [0.2, 0.25) is 0 Å². The van der Waals surface area contributed by atoms with Crippen molar-refractivity contribution in [1.29, 1.82) is 0 Å². The molecule has 7 heteroatoms. The number of nitrogens with zero attached hydrogens (tertiary/aromatic N) is 2. The van der Waals surface area contributed by atoms with Crippen molar-refractivity contribution >= 4 is 0 Å². The minimum atomic E-state index is -0.882. The highest BCUT2D eigenvalue weighted by Crippen LogP contribution is 2.26. The standard InChI is InChI=1S/C21H26F2N4O/c22-18-7-6-17(13-19(18)23)28-11-8-15-12-20(26-25-15)21-5-3-10-27(21)14-16-4-1-2-9-24-16/h1-2,4,6-7,9,13,15,20-21,25-26H,3,5,8,10-12,14H2. The maximum absolute atomic E-state index is 13.2. The van der Waals surface area contributed by atoms with Gasteiger partial charge in [-0.2, -0.15) is 0 Å². The maximum atomic E-state index is 13.2. The van der Waals surface area contributed by atoms with Crippen LogP contribution in [0.5, 0.6) is 5.75 Å². The molecule has 4 rings (SSSR count). The topological polar surface area (TPSA) is 49.4 Å². The minimum absolute atomic E-state index is 0.299. The van der Waals surface area contributed by atoms with Crippen LogP contribution in [0.1, 0.15) is 31.4 Å². The number of aromatic nitrogens is 1. The van der Waals surface area contributed by atoms with Gasteiger partial charge in [0.05, 0.1) is 12.3 Å². The van der Waals surface area contributed by atoms with Gasteiger partial charge in [0.25, 0.3) is 0 Å². The molecule has 2 fully saturated rings. The molecule has 150 valence electrons. The first kappa shape index (κ1) is 19.2. The van der Waals surface area contributed by atoms with Crippen molar-refractivity contribution in [1.82, 2.24) is 20.7 Å². The third-order valence-electron chi connectivity index (χ3n) is 5.61. The molecule has 3 heterocycles. The fourth-order valence-electron chi connectivity index (χ4n) is 4.18. The Labute approximate surface area is 164 Å². The van der Waals surface area contributed by atoms with Crippen LogP contribution in [0, 0.1) is 11.6 Å². The van der Waals surface area contributed by atoms with E-state index in [-0.39, 0.29) is 0 Å². The summed E-state index contributed by atoms with van der Waals surface area (Å²) in [7, 11) is 0. The van der Waals surface area contributed by atoms with Gasteiger partial charge in [-0.25, -0.2) is 8.78 Å². The fraction of sp³-hybridized carbons (Fsp3) is 0.476. The molecular weight excluding hydrogens is 362 g/mol. The zero-order valence-electron chi connectivity index (χ0n) is 15.8. The number of likely N-dealkylation sites (tertiary alicyclic amines) is 1. The second-order valence-corrected chi connectivity index (χ2v) is 7.54. The highest BCUT2D eigenvalue weighted by atomic mass is 19.2. The number of rotatable bonds is 7. The molecule has 0 spiro atoms. The van der Waals surface area contributed by atoms with Crippen molar-refractivity contribution < 1.29 is 13.5 Å². The van der Waals surface area contributed by atoms with E-state index < -0.39 is 11.6 Å². The van der Waals surface area contributed by atoms with Gasteiger partial charge < -0.3 is 4.74 Å². The fourth-order valence-corrected chi connectivity index (χ4v) is 4.18. The molecule has 0 radical (unpaired) electrons. The average molecular weight is 388 g/mol. The molecule has 28 heavy (non-hydrogen) atoms. The van der Waals surface area contributed by atoms with Gasteiger partial charge in [0, 0.05) is 36.9 Å². The third-order valence-corrected chi connectivity index (χ3v) is 5.61. The molecule has 0 aliphatic carbocycles. The molecule has 2 aliphatic rings. The molecule has 0 saturated carbocycles. The summed E-state index contributed by atoms with van der Waals surface area (Å²) >= 11 is 0. The lowest BCUT2D eigenvalue weighted by atomic mass is 9.99. The second-order valence-electron chi connectivity index (χ2n) is 7.54. The predicted molar refractivity (Wildman–Crippen MR) is 103 cm³/mol. The first-order valence-electron chi connectivity index (χ1n) is 9.92. The number of hydrazine groups is 1. The quantitative estimate of drug-likeness (QED) is 0.764. The van der Waals surface area contributed by atoms with E-state index in [1.54, 1.807) is 0 Å². The SMILES string of the molecule is Fc1ccc(OCCC2CC(C3CCCN3Cc3ccccn3)NN2)cc1F. The van der Waals surface area contributed by atoms with Gasteiger partial charge in [-0.3, -0.25) is 20.7 Å². The van der Waals surface area contributed by atoms with Crippen LogP contribution in [0.25, 0.3) is 0 Å².